The molecule has 1 aromatic heterocycles. The Labute approximate surface area is 134 Å². The van der Waals surface area contributed by atoms with Crippen molar-refractivity contribution in [3.05, 3.63) is 22.4 Å². The lowest BCUT2D eigenvalue weighted by Crippen LogP contribution is -2.48. The molecule has 0 bridgehead atoms. The molecule has 2 amide bonds. The lowest BCUT2D eigenvalue weighted by atomic mass is 9.96. The van der Waals surface area contributed by atoms with E-state index in [1.165, 1.54) is 5.56 Å². The number of morpholine rings is 1. The predicted octanol–water partition coefficient (Wildman–Crippen LogP) is 2.40. The number of nitrogens with one attached hydrogen (secondary N) is 1. The van der Waals surface area contributed by atoms with E-state index in [0.717, 1.165) is 32.5 Å². The number of rotatable bonds is 2. The van der Waals surface area contributed by atoms with Gasteiger partial charge in [-0.05, 0) is 47.1 Å². The van der Waals surface area contributed by atoms with Crippen LogP contribution in [0.25, 0.3) is 0 Å². The first-order chi connectivity index (χ1) is 10.8. The molecule has 22 heavy (non-hydrogen) atoms. The number of carbonyl (C=O) groups is 1. The van der Waals surface area contributed by atoms with Crippen LogP contribution in [-0.2, 0) is 9.47 Å². The molecule has 0 aromatic carbocycles. The van der Waals surface area contributed by atoms with Crippen LogP contribution in [0.4, 0.5) is 4.79 Å². The topological polar surface area (TPSA) is 50.8 Å². The molecule has 5 nitrogen and oxygen atoms in total. The predicted molar refractivity (Wildman–Crippen MR) is 84.0 cm³/mol. The molecule has 1 aliphatic carbocycles. The molecule has 120 valence electrons. The number of thiophene rings is 1. The van der Waals surface area contributed by atoms with E-state index in [-0.39, 0.29) is 12.1 Å². The van der Waals surface area contributed by atoms with Crippen LogP contribution in [0.1, 0.15) is 30.9 Å². The number of amides is 2. The van der Waals surface area contributed by atoms with Crippen molar-refractivity contribution in [1.29, 1.82) is 0 Å². The summed E-state index contributed by atoms with van der Waals surface area (Å²) < 4.78 is 11.2. The average molecular weight is 322 g/mol. The highest BCUT2D eigenvalue weighted by Crippen LogP contribution is 2.53. The quantitative estimate of drug-likeness (QED) is 0.909. The van der Waals surface area contributed by atoms with Crippen molar-refractivity contribution >= 4 is 17.4 Å². The third kappa shape index (κ3) is 2.75. The van der Waals surface area contributed by atoms with Gasteiger partial charge in [0.2, 0.25) is 0 Å². The average Bonchev–Trinajstić information content (AvgIpc) is 2.99. The summed E-state index contributed by atoms with van der Waals surface area (Å²) in [6.45, 7) is 3.60. The van der Waals surface area contributed by atoms with Gasteiger partial charge in [0.1, 0.15) is 6.10 Å². The highest BCUT2D eigenvalue weighted by Gasteiger charge is 2.55. The zero-order valence-electron chi connectivity index (χ0n) is 12.6. The number of hydrogen-bond donors (Lipinski definition) is 1. The Morgan fingerprint density at radius 2 is 2.23 bits per heavy atom. The zero-order chi connectivity index (χ0) is 15.0. The van der Waals surface area contributed by atoms with E-state index in [2.05, 4.69) is 22.1 Å². The number of ether oxygens (including phenoxy) is 2. The van der Waals surface area contributed by atoms with Crippen molar-refractivity contribution in [2.45, 2.75) is 31.4 Å². The van der Waals surface area contributed by atoms with Crippen LogP contribution >= 0.6 is 11.3 Å². The van der Waals surface area contributed by atoms with Gasteiger partial charge in [-0.2, -0.15) is 11.3 Å². The number of urea groups is 1. The Kier molecular flexibility index (Phi) is 3.84. The summed E-state index contributed by atoms with van der Waals surface area (Å²) in [7, 11) is 0. The molecule has 1 aromatic rings. The minimum Gasteiger partial charge on any atom is -0.381 e. The minimum atomic E-state index is 0.0157. The Hall–Kier alpha value is -1.11. The maximum atomic E-state index is 12.5. The maximum absolute atomic E-state index is 12.5. The minimum absolute atomic E-state index is 0.0157. The Bertz CT molecular complexity index is 528. The van der Waals surface area contributed by atoms with Gasteiger partial charge in [-0.25, -0.2) is 4.79 Å². The second-order valence-corrected chi connectivity index (χ2v) is 7.32. The Morgan fingerprint density at radius 1 is 1.36 bits per heavy atom. The number of hydrogen-bond acceptors (Lipinski definition) is 4. The molecular weight excluding hydrogens is 300 g/mol. The molecule has 2 atom stereocenters. The second kappa shape index (κ2) is 5.83. The third-order valence-electron chi connectivity index (χ3n) is 5.24. The summed E-state index contributed by atoms with van der Waals surface area (Å²) in [6, 6.07) is 2.48. The summed E-state index contributed by atoms with van der Waals surface area (Å²) in [5.74, 6) is 0. The van der Waals surface area contributed by atoms with E-state index in [0.29, 0.717) is 31.2 Å². The first kappa shape index (κ1) is 14.5. The summed E-state index contributed by atoms with van der Waals surface area (Å²) in [5, 5.41) is 7.38. The van der Waals surface area contributed by atoms with Gasteiger partial charge < -0.3 is 19.7 Å². The van der Waals surface area contributed by atoms with Gasteiger partial charge in [0.15, 0.2) is 0 Å². The van der Waals surface area contributed by atoms with Crippen LogP contribution in [0.15, 0.2) is 16.8 Å². The van der Waals surface area contributed by atoms with Crippen molar-refractivity contribution in [3.63, 3.8) is 0 Å². The SMILES string of the molecule is O=C(NC1CC12CCOCC2)N1CCOC(c2ccsc2)C1. The standard InChI is InChI=1S/C16H22N2O3S/c19-15(17-14-9-16(14)2-5-20-6-3-16)18-4-7-21-13(10-18)12-1-8-22-11-12/h1,8,11,13-14H,2-7,9-10H2,(H,17,19). The molecule has 1 N–H and O–H groups in total. The van der Waals surface area contributed by atoms with Crippen molar-refractivity contribution in [2.75, 3.05) is 32.9 Å². The van der Waals surface area contributed by atoms with Crippen molar-refractivity contribution in [3.8, 4) is 0 Å². The van der Waals surface area contributed by atoms with Crippen LogP contribution < -0.4 is 5.32 Å². The summed E-state index contributed by atoms with van der Waals surface area (Å²) in [4.78, 5) is 14.4. The van der Waals surface area contributed by atoms with E-state index in [9.17, 15) is 4.79 Å². The van der Waals surface area contributed by atoms with Crippen LogP contribution in [0.5, 0.6) is 0 Å². The van der Waals surface area contributed by atoms with Gasteiger partial charge >= 0.3 is 6.03 Å². The fraction of sp³-hybridized carbons (Fsp3) is 0.688. The van der Waals surface area contributed by atoms with Crippen molar-refractivity contribution in [1.82, 2.24) is 10.2 Å². The monoisotopic (exact) mass is 322 g/mol. The Balaban J connectivity index is 1.33. The lowest BCUT2D eigenvalue weighted by Gasteiger charge is -2.33. The van der Waals surface area contributed by atoms with Gasteiger partial charge in [0.25, 0.3) is 0 Å². The maximum Gasteiger partial charge on any atom is 0.317 e. The smallest absolute Gasteiger partial charge is 0.317 e. The molecule has 4 rings (SSSR count). The zero-order valence-corrected chi connectivity index (χ0v) is 13.4. The normalized spacial score (nSPS) is 30.3. The third-order valence-corrected chi connectivity index (χ3v) is 5.95. The first-order valence-electron chi connectivity index (χ1n) is 8.04. The van der Waals surface area contributed by atoms with E-state index in [1.54, 1.807) is 11.3 Å². The molecule has 2 aliphatic heterocycles. The van der Waals surface area contributed by atoms with Gasteiger partial charge in [-0.1, -0.05) is 0 Å². The first-order valence-corrected chi connectivity index (χ1v) is 8.98. The highest BCUT2D eigenvalue weighted by molar-refractivity contribution is 7.07. The van der Waals surface area contributed by atoms with Crippen LogP contribution in [-0.4, -0.2) is 49.9 Å². The summed E-state index contributed by atoms with van der Waals surface area (Å²) in [6.07, 6.45) is 3.29. The van der Waals surface area contributed by atoms with E-state index < -0.39 is 0 Å². The summed E-state index contributed by atoms with van der Waals surface area (Å²) in [5.41, 5.74) is 1.50. The van der Waals surface area contributed by atoms with Crippen molar-refractivity contribution in [2.24, 2.45) is 5.41 Å². The molecular formula is C16H22N2O3S. The molecule has 3 aliphatic rings. The van der Waals surface area contributed by atoms with Crippen LogP contribution in [0.3, 0.4) is 0 Å². The van der Waals surface area contributed by atoms with Gasteiger partial charge in [-0.15, -0.1) is 0 Å². The van der Waals surface area contributed by atoms with E-state index >= 15 is 0 Å². The number of nitrogens with zero attached hydrogens (tertiary/aromatic N) is 1. The molecule has 1 saturated carbocycles. The molecule has 6 heteroatoms. The lowest BCUT2D eigenvalue weighted by molar-refractivity contribution is -0.0155. The van der Waals surface area contributed by atoms with E-state index in [4.69, 9.17) is 9.47 Å². The largest absolute Gasteiger partial charge is 0.381 e. The second-order valence-electron chi connectivity index (χ2n) is 6.54. The molecule has 0 radical (unpaired) electrons. The Morgan fingerprint density at radius 3 is 3.00 bits per heavy atom. The molecule has 2 unspecified atom stereocenters. The number of carbonyl (C=O) groups excluding carboxylic acids is 1. The molecule has 3 fully saturated rings. The molecule has 3 heterocycles. The van der Waals surface area contributed by atoms with E-state index in [1.807, 2.05) is 4.90 Å². The van der Waals surface area contributed by atoms with Gasteiger partial charge in [0, 0.05) is 25.8 Å². The highest BCUT2D eigenvalue weighted by atomic mass is 32.1. The fourth-order valence-corrected chi connectivity index (χ4v) is 4.32. The van der Waals surface area contributed by atoms with Gasteiger partial charge in [0.05, 0.1) is 13.2 Å². The van der Waals surface area contributed by atoms with Crippen molar-refractivity contribution < 1.29 is 14.3 Å². The van der Waals surface area contributed by atoms with Gasteiger partial charge in [-0.3, -0.25) is 0 Å². The molecule has 1 spiro atoms. The van der Waals surface area contributed by atoms with Crippen LogP contribution in [0.2, 0.25) is 0 Å². The fourth-order valence-electron chi connectivity index (χ4n) is 3.62. The van der Waals surface area contributed by atoms with Crippen LogP contribution in [0, 0.1) is 5.41 Å². The summed E-state index contributed by atoms with van der Waals surface area (Å²) >= 11 is 1.67. The molecule has 2 saturated heterocycles.